The summed E-state index contributed by atoms with van der Waals surface area (Å²) in [6.45, 7) is 6.97. The molecule has 1 aliphatic heterocycles. The molecular formula is C14H21NO. The number of nitrogens with zero attached hydrogens (tertiary/aromatic N) is 1. The predicted octanol–water partition coefficient (Wildman–Crippen LogP) is 2.81. The van der Waals surface area contributed by atoms with Crippen LogP contribution in [0.15, 0.2) is 24.3 Å². The monoisotopic (exact) mass is 219 g/mol. The van der Waals surface area contributed by atoms with Gasteiger partial charge in [-0.3, -0.25) is 0 Å². The van der Waals surface area contributed by atoms with E-state index in [9.17, 15) is 5.11 Å². The number of aliphatic hydroxyl groups excluding tert-OH is 1. The van der Waals surface area contributed by atoms with Crippen LogP contribution in [0.5, 0.6) is 0 Å². The maximum absolute atomic E-state index is 9.35. The first-order valence-electron chi connectivity index (χ1n) is 6.06. The average Bonchev–Trinajstić information content (AvgIpc) is 2.27. The highest BCUT2D eigenvalue weighted by Crippen LogP contribution is 2.32. The van der Waals surface area contributed by atoms with Crippen LogP contribution in [0, 0.1) is 5.41 Å². The third kappa shape index (κ3) is 2.38. The van der Waals surface area contributed by atoms with Crippen molar-refractivity contribution in [1.29, 1.82) is 0 Å². The highest BCUT2D eigenvalue weighted by molar-refractivity contribution is 5.53. The molecule has 1 N–H and O–H groups in total. The molecular weight excluding hydrogens is 198 g/mol. The minimum absolute atomic E-state index is 0.132. The van der Waals surface area contributed by atoms with Gasteiger partial charge in [-0.1, -0.05) is 32.0 Å². The Hall–Kier alpha value is -1.02. The molecule has 1 fully saturated rings. The lowest BCUT2D eigenvalue weighted by Gasteiger charge is -2.40. The summed E-state index contributed by atoms with van der Waals surface area (Å²) in [5.41, 5.74) is 2.64. The predicted molar refractivity (Wildman–Crippen MR) is 67.6 cm³/mol. The minimum atomic E-state index is 0.132. The lowest BCUT2D eigenvalue weighted by atomic mass is 9.84. The second-order valence-corrected chi connectivity index (χ2v) is 5.48. The van der Waals surface area contributed by atoms with Gasteiger partial charge in [-0.15, -0.1) is 0 Å². The van der Waals surface area contributed by atoms with Crippen molar-refractivity contribution in [3.63, 3.8) is 0 Å². The molecule has 88 valence electrons. The van der Waals surface area contributed by atoms with Crippen LogP contribution in [0.1, 0.15) is 32.3 Å². The summed E-state index contributed by atoms with van der Waals surface area (Å²) in [4.78, 5) is 2.41. The van der Waals surface area contributed by atoms with Crippen LogP contribution in [-0.4, -0.2) is 18.2 Å². The van der Waals surface area contributed by atoms with Gasteiger partial charge in [-0.2, -0.15) is 0 Å². The molecule has 1 aromatic carbocycles. The van der Waals surface area contributed by atoms with E-state index >= 15 is 0 Å². The van der Waals surface area contributed by atoms with Crippen LogP contribution < -0.4 is 4.90 Å². The third-order valence-electron chi connectivity index (χ3n) is 3.40. The SMILES string of the molecule is CC1(C)CCCN(c2ccccc2CO)C1. The smallest absolute Gasteiger partial charge is 0.0702 e. The molecule has 1 heterocycles. The Labute approximate surface area is 97.9 Å². The van der Waals surface area contributed by atoms with E-state index in [1.165, 1.54) is 18.5 Å². The second kappa shape index (κ2) is 4.46. The van der Waals surface area contributed by atoms with Gasteiger partial charge in [0.1, 0.15) is 0 Å². The number of aliphatic hydroxyl groups is 1. The molecule has 2 heteroatoms. The molecule has 0 atom stereocenters. The van der Waals surface area contributed by atoms with Crippen LogP contribution in [-0.2, 0) is 6.61 Å². The van der Waals surface area contributed by atoms with Gasteiger partial charge < -0.3 is 10.0 Å². The number of rotatable bonds is 2. The molecule has 0 radical (unpaired) electrons. The van der Waals surface area contributed by atoms with Crippen LogP contribution in [0.25, 0.3) is 0 Å². The lowest BCUT2D eigenvalue weighted by molar-refractivity contribution is 0.276. The van der Waals surface area contributed by atoms with Crippen LogP contribution in [0.4, 0.5) is 5.69 Å². The van der Waals surface area contributed by atoms with Crippen molar-refractivity contribution in [2.75, 3.05) is 18.0 Å². The number of benzene rings is 1. The zero-order valence-electron chi connectivity index (χ0n) is 10.2. The second-order valence-electron chi connectivity index (χ2n) is 5.48. The normalized spacial score (nSPS) is 19.8. The first kappa shape index (κ1) is 11.5. The van der Waals surface area contributed by atoms with E-state index in [1.54, 1.807) is 0 Å². The Morgan fingerprint density at radius 1 is 1.31 bits per heavy atom. The molecule has 0 spiro atoms. The summed E-state index contributed by atoms with van der Waals surface area (Å²) < 4.78 is 0. The van der Waals surface area contributed by atoms with Gasteiger partial charge in [0, 0.05) is 24.3 Å². The maximum Gasteiger partial charge on any atom is 0.0702 e. The fourth-order valence-electron chi connectivity index (χ4n) is 2.58. The first-order chi connectivity index (χ1) is 7.62. The Morgan fingerprint density at radius 2 is 2.06 bits per heavy atom. The van der Waals surface area contributed by atoms with Gasteiger partial charge in [0.2, 0.25) is 0 Å². The third-order valence-corrected chi connectivity index (χ3v) is 3.40. The van der Waals surface area contributed by atoms with E-state index in [1.807, 2.05) is 12.1 Å². The Bertz CT molecular complexity index is 360. The van der Waals surface area contributed by atoms with E-state index in [4.69, 9.17) is 0 Å². The number of piperidine rings is 1. The van der Waals surface area contributed by atoms with E-state index in [0.717, 1.165) is 18.7 Å². The molecule has 1 aliphatic rings. The summed E-state index contributed by atoms with van der Waals surface area (Å²) in [5.74, 6) is 0. The fraction of sp³-hybridized carbons (Fsp3) is 0.571. The van der Waals surface area contributed by atoms with Gasteiger partial charge in [-0.25, -0.2) is 0 Å². The zero-order chi connectivity index (χ0) is 11.6. The molecule has 0 aliphatic carbocycles. The van der Waals surface area contributed by atoms with Crippen molar-refractivity contribution >= 4 is 5.69 Å². The number of hydrogen-bond acceptors (Lipinski definition) is 2. The molecule has 1 saturated heterocycles. The quantitative estimate of drug-likeness (QED) is 0.826. The summed E-state index contributed by atoms with van der Waals surface area (Å²) >= 11 is 0. The standard InChI is InChI=1S/C14H21NO/c1-14(2)8-5-9-15(11-14)13-7-4-3-6-12(13)10-16/h3-4,6-7,16H,5,8-11H2,1-2H3. The first-order valence-corrected chi connectivity index (χ1v) is 6.06. The molecule has 0 unspecified atom stereocenters. The highest BCUT2D eigenvalue weighted by Gasteiger charge is 2.27. The highest BCUT2D eigenvalue weighted by atomic mass is 16.3. The van der Waals surface area contributed by atoms with Crippen LogP contribution in [0.3, 0.4) is 0 Å². The zero-order valence-corrected chi connectivity index (χ0v) is 10.2. The molecule has 0 bridgehead atoms. The topological polar surface area (TPSA) is 23.5 Å². The Balaban J connectivity index is 2.23. The van der Waals surface area contributed by atoms with Crippen molar-refractivity contribution in [3.8, 4) is 0 Å². The van der Waals surface area contributed by atoms with E-state index in [2.05, 4.69) is 30.9 Å². The van der Waals surface area contributed by atoms with Crippen molar-refractivity contribution in [1.82, 2.24) is 0 Å². The molecule has 2 rings (SSSR count). The van der Waals surface area contributed by atoms with Gasteiger partial charge in [0.15, 0.2) is 0 Å². The molecule has 0 aromatic heterocycles. The van der Waals surface area contributed by atoms with Crippen molar-refractivity contribution in [2.45, 2.75) is 33.3 Å². The summed E-state index contributed by atoms with van der Waals surface area (Å²) in [5, 5.41) is 9.35. The average molecular weight is 219 g/mol. The summed E-state index contributed by atoms with van der Waals surface area (Å²) in [6.07, 6.45) is 2.54. The molecule has 0 saturated carbocycles. The minimum Gasteiger partial charge on any atom is -0.392 e. The van der Waals surface area contributed by atoms with E-state index < -0.39 is 0 Å². The summed E-state index contributed by atoms with van der Waals surface area (Å²) in [7, 11) is 0. The summed E-state index contributed by atoms with van der Waals surface area (Å²) in [6, 6.07) is 8.17. The molecule has 0 amide bonds. The Kier molecular flexibility index (Phi) is 3.20. The van der Waals surface area contributed by atoms with Gasteiger partial charge in [0.05, 0.1) is 6.61 Å². The fourth-order valence-corrected chi connectivity index (χ4v) is 2.58. The van der Waals surface area contributed by atoms with E-state index in [-0.39, 0.29) is 6.61 Å². The van der Waals surface area contributed by atoms with Crippen molar-refractivity contribution in [3.05, 3.63) is 29.8 Å². The molecule has 16 heavy (non-hydrogen) atoms. The van der Waals surface area contributed by atoms with Crippen molar-refractivity contribution in [2.24, 2.45) is 5.41 Å². The van der Waals surface area contributed by atoms with Gasteiger partial charge in [-0.05, 0) is 24.3 Å². The number of anilines is 1. The molecule has 2 nitrogen and oxygen atoms in total. The molecule has 1 aromatic rings. The van der Waals surface area contributed by atoms with E-state index in [0.29, 0.717) is 5.41 Å². The maximum atomic E-state index is 9.35. The lowest BCUT2D eigenvalue weighted by Crippen LogP contribution is -2.40. The van der Waals surface area contributed by atoms with Gasteiger partial charge >= 0.3 is 0 Å². The van der Waals surface area contributed by atoms with Gasteiger partial charge in [0.25, 0.3) is 0 Å². The number of hydrogen-bond donors (Lipinski definition) is 1. The Morgan fingerprint density at radius 3 is 2.75 bits per heavy atom. The van der Waals surface area contributed by atoms with Crippen LogP contribution in [0.2, 0.25) is 0 Å². The number of para-hydroxylation sites is 1. The van der Waals surface area contributed by atoms with Crippen molar-refractivity contribution < 1.29 is 5.11 Å². The largest absolute Gasteiger partial charge is 0.392 e. The van der Waals surface area contributed by atoms with Crippen LogP contribution >= 0.6 is 0 Å².